The minimum absolute atomic E-state index is 0.0231. The van der Waals surface area contributed by atoms with Gasteiger partial charge in [-0.3, -0.25) is 4.79 Å². The molecule has 0 aromatic rings. The molecule has 0 aliphatic heterocycles. The summed E-state index contributed by atoms with van der Waals surface area (Å²) in [5.41, 5.74) is 0.161. The highest BCUT2D eigenvalue weighted by atomic mass is 16.6. The molecule has 0 fully saturated rings. The third kappa shape index (κ3) is 2.79. The maximum Gasteiger partial charge on any atom is 0.183 e. The average molecular weight is 158 g/mol. The van der Waals surface area contributed by atoms with Crippen molar-refractivity contribution in [3.8, 4) is 0 Å². The van der Waals surface area contributed by atoms with E-state index < -0.39 is 0 Å². The van der Waals surface area contributed by atoms with Gasteiger partial charge in [0.05, 0.1) is 0 Å². The van der Waals surface area contributed by atoms with Crippen LogP contribution in [0.25, 0.3) is 0 Å². The first-order valence-corrected chi connectivity index (χ1v) is 2.94. The van der Waals surface area contributed by atoms with Crippen molar-refractivity contribution in [2.75, 3.05) is 7.11 Å². The molecule has 62 valence electrons. The Labute approximate surface area is 64.3 Å². The van der Waals surface area contributed by atoms with E-state index in [2.05, 4.69) is 15.1 Å². The van der Waals surface area contributed by atoms with Crippen molar-refractivity contribution in [2.24, 2.45) is 10.3 Å². The SMILES string of the molecule is CO/N=C(C(C)=O)/C(C)=N/O. The summed E-state index contributed by atoms with van der Waals surface area (Å²) in [6, 6.07) is 0. The van der Waals surface area contributed by atoms with Crippen molar-refractivity contribution >= 4 is 17.2 Å². The normalized spacial score (nSPS) is 13.0. The van der Waals surface area contributed by atoms with Crippen LogP contribution in [0.2, 0.25) is 0 Å². The number of ketones is 1. The lowest BCUT2D eigenvalue weighted by molar-refractivity contribution is -0.111. The van der Waals surface area contributed by atoms with Gasteiger partial charge in [0, 0.05) is 6.92 Å². The van der Waals surface area contributed by atoms with Crippen molar-refractivity contribution in [3.05, 3.63) is 0 Å². The molecular formula is C6H10N2O3. The van der Waals surface area contributed by atoms with Crippen LogP contribution in [0.15, 0.2) is 10.3 Å². The van der Waals surface area contributed by atoms with Crippen LogP contribution in [0.5, 0.6) is 0 Å². The molecule has 0 aromatic heterocycles. The Kier molecular flexibility index (Phi) is 3.87. The van der Waals surface area contributed by atoms with Gasteiger partial charge in [-0.1, -0.05) is 10.3 Å². The van der Waals surface area contributed by atoms with Gasteiger partial charge in [0.15, 0.2) is 11.5 Å². The monoisotopic (exact) mass is 158 g/mol. The predicted molar refractivity (Wildman–Crippen MR) is 40.0 cm³/mol. The Bertz CT molecular complexity index is 208. The summed E-state index contributed by atoms with van der Waals surface area (Å²) in [6.45, 7) is 2.77. The van der Waals surface area contributed by atoms with E-state index in [0.29, 0.717) is 0 Å². The Hall–Kier alpha value is -1.39. The zero-order valence-corrected chi connectivity index (χ0v) is 6.66. The third-order valence-electron chi connectivity index (χ3n) is 1.01. The van der Waals surface area contributed by atoms with Crippen LogP contribution in [-0.2, 0) is 9.63 Å². The van der Waals surface area contributed by atoms with Crippen LogP contribution in [0.4, 0.5) is 0 Å². The van der Waals surface area contributed by atoms with Gasteiger partial charge in [0.25, 0.3) is 0 Å². The minimum Gasteiger partial charge on any atom is -0.411 e. The van der Waals surface area contributed by atoms with Crippen molar-refractivity contribution in [1.29, 1.82) is 0 Å². The van der Waals surface area contributed by atoms with E-state index in [1.54, 1.807) is 0 Å². The summed E-state index contributed by atoms with van der Waals surface area (Å²) in [7, 11) is 1.31. The molecule has 0 radical (unpaired) electrons. The molecule has 5 heteroatoms. The fourth-order valence-electron chi connectivity index (χ4n) is 0.524. The lowest BCUT2D eigenvalue weighted by Crippen LogP contribution is -2.19. The van der Waals surface area contributed by atoms with Crippen molar-refractivity contribution in [3.63, 3.8) is 0 Å². The smallest absolute Gasteiger partial charge is 0.183 e. The number of rotatable bonds is 3. The molecule has 0 atom stereocenters. The Morgan fingerprint density at radius 3 is 2.27 bits per heavy atom. The second-order valence-corrected chi connectivity index (χ2v) is 1.86. The van der Waals surface area contributed by atoms with Gasteiger partial charge in [-0.05, 0) is 6.92 Å². The number of Topliss-reactive ketones (excluding diaryl/α,β-unsaturated/α-hetero) is 1. The second kappa shape index (κ2) is 4.43. The summed E-state index contributed by atoms with van der Waals surface area (Å²) < 4.78 is 0. The molecule has 0 aliphatic carbocycles. The molecule has 0 spiro atoms. The second-order valence-electron chi connectivity index (χ2n) is 1.86. The molecule has 0 rings (SSSR count). The summed E-state index contributed by atoms with van der Waals surface area (Å²) in [4.78, 5) is 15.1. The van der Waals surface area contributed by atoms with Crippen LogP contribution < -0.4 is 0 Å². The van der Waals surface area contributed by atoms with Crippen molar-refractivity contribution in [1.82, 2.24) is 0 Å². The van der Waals surface area contributed by atoms with E-state index in [0.717, 1.165) is 0 Å². The maximum absolute atomic E-state index is 10.7. The number of hydrogen-bond acceptors (Lipinski definition) is 5. The summed E-state index contributed by atoms with van der Waals surface area (Å²) >= 11 is 0. The quantitative estimate of drug-likeness (QED) is 0.367. The van der Waals surface area contributed by atoms with Crippen LogP contribution in [0, 0.1) is 0 Å². The van der Waals surface area contributed by atoms with Gasteiger partial charge < -0.3 is 10.0 Å². The molecule has 0 aliphatic rings. The highest BCUT2D eigenvalue weighted by Gasteiger charge is 2.10. The van der Waals surface area contributed by atoms with Crippen LogP contribution >= 0.6 is 0 Å². The van der Waals surface area contributed by atoms with E-state index in [1.165, 1.54) is 21.0 Å². The zero-order chi connectivity index (χ0) is 8.85. The third-order valence-corrected chi connectivity index (χ3v) is 1.01. The number of carbonyl (C=O) groups excluding carboxylic acids is 1. The molecule has 5 nitrogen and oxygen atoms in total. The summed E-state index contributed by atoms with van der Waals surface area (Å²) in [6.07, 6.45) is 0. The molecule has 0 saturated heterocycles. The topological polar surface area (TPSA) is 71.2 Å². The fourth-order valence-corrected chi connectivity index (χ4v) is 0.524. The van der Waals surface area contributed by atoms with Crippen molar-refractivity contribution in [2.45, 2.75) is 13.8 Å². The number of carbonyl (C=O) groups is 1. The first kappa shape index (κ1) is 9.61. The number of oxime groups is 2. The molecule has 1 N–H and O–H groups in total. The molecule has 0 aromatic carbocycles. The van der Waals surface area contributed by atoms with Gasteiger partial charge in [-0.25, -0.2) is 0 Å². The largest absolute Gasteiger partial charge is 0.411 e. The molecular weight excluding hydrogens is 148 g/mol. The van der Waals surface area contributed by atoms with Gasteiger partial charge in [-0.15, -0.1) is 0 Å². The van der Waals surface area contributed by atoms with E-state index >= 15 is 0 Å². The highest BCUT2D eigenvalue weighted by Crippen LogP contribution is 1.87. The van der Waals surface area contributed by atoms with E-state index in [4.69, 9.17) is 5.21 Å². The number of nitrogens with zero attached hydrogens (tertiary/aromatic N) is 2. The molecule has 0 bridgehead atoms. The Morgan fingerprint density at radius 1 is 1.45 bits per heavy atom. The predicted octanol–water partition coefficient (Wildman–Crippen LogP) is 0.428. The van der Waals surface area contributed by atoms with Gasteiger partial charge in [-0.2, -0.15) is 0 Å². The van der Waals surface area contributed by atoms with Crippen molar-refractivity contribution < 1.29 is 14.8 Å². The first-order valence-electron chi connectivity index (χ1n) is 2.94. The van der Waals surface area contributed by atoms with Crippen LogP contribution in [-0.4, -0.2) is 29.5 Å². The van der Waals surface area contributed by atoms with Crippen LogP contribution in [0.1, 0.15) is 13.8 Å². The molecule has 0 saturated carbocycles. The molecule has 0 unspecified atom stereocenters. The van der Waals surface area contributed by atoms with Gasteiger partial charge in [0.2, 0.25) is 0 Å². The minimum atomic E-state index is -0.304. The van der Waals surface area contributed by atoms with Crippen LogP contribution in [0.3, 0.4) is 0 Å². The Balaban J connectivity index is 4.62. The molecule has 0 amide bonds. The number of hydrogen-bond donors (Lipinski definition) is 1. The fraction of sp³-hybridized carbons (Fsp3) is 0.500. The summed E-state index contributed by atoms with van der Waals surface area (Å²) in [5.74, 6) is -0.304. The van der Waals surface area contributed by atoms with E-state index in [9.17, 15) is 4.79 Å². The average Bonchev–Trinajstić information content (AvgIpc) is 1.98. The summed E-state index contributed by atoms with van der Waals surface area (Å²) in [5, 5.41) is 14.5. The Morgan fingerprint density at radius 2 is 2.00 bits per heavy atom. The lowest BCUT2D eigenvalue weighted by Gasteiger charge is -1.96. The standard InChI is InChI=1S/C6H10N2O3/c1-4(7-10)6(5(2)9)8-11-3/h10H,1-3H3/b7-4+,8-6-. The first-order chi connectivity index (χ1) is 5.13. The zero-order valence-electron chi connectivity index (χ0n) is 6.66. The molecule has 0 heterocycles. The lowest BCUT2D eigenvalue weighted by atomic mass is 10.2. The van der Waals surface area contributed by atoms with E-state index in [-0.39, 0.29) is 17.2 Å². The van der Waals surface area contributed by atoms with E-state index in [1.807, 2.05) is 0 Å². The molecule has 11 heavy (non-hydrogen) atoms. The highest BCUT2D eigenvalue weighted by molar-refractivity contribution is 6.66. The van der Waals surface area contributed by atoms with Gasteiger partial charge in [0.1, 0.15) is 12.8 Å². The van der Waals surface area contributed by atoms with Gasteiger partial charge >= 0.3 is 0 Å². The maximum atomic E-state index is 10.7.